The van der Waals surface area contributed by atoms with Gasteiger partial charge in [0.1, 0.15) is 0 Å². The van der Waals surface area contributed by atoms with Crippen molar-refractivity contribution in [1.82, 2.24) is 20.4 Å². The number of aryl methyl sites for hydroxylation is 2. The maximum Gasteiger partial charge on any atom is 0.258 e. The third-order valence-electron chi connectivity index (χ3n) is 4.84. The van der Waals surface area contributed by atoms with Gasteiger partial charge in [0, 0.05) is 24.8 Å². The molecule has 0 spiro atoms. The number of nitrogens with one attached hydrogen (secondary N) is 1. The van der Waals surface area contributed by atoms with Crippen LogP contribution in [-0.2, 0) is 0 Å². The molecule has 0 bridgehead atoms. The summed E-state index contributed by atoms with van der Waals surface area (Å²) in [6, 6.07) is 2.46. The highest BCUT2D eigenvalue weighted by Gasteiger charge is 2.19. The number of piperidine rings is 1. The molecule has 1 saturated heterocycles. The summed E-state index contributed by atoms with van der Waals surface area (Å²) in [7, 11) is 0. The largest absolute Gasteiger partial charge is 0.352 e. The second-order valence-corrected chi connectivity index (χ2v) is 6.75. The van der Waals surface area contributed by atoms with Crippen molar-refractivity contribution < 1.29 is 9.32 Å². The first kappa shape index (κ1) is 16.9. The van der Waals surface area contributed by atoms with E-state index in [2.05, 4.69) is 27.3 Å². The van der Waals surface area contributed by atoms with Gasteiger partial charge in [-0.15, -0.1) is 0 Å². The first-order chi connectivity index (χ1) is 11.6. The molecule has 1 fully saturated rings. The van der Waals surface area contributed by atoms with Crippen LogP contribution in [0.5, 0.6) is 0 Å². The summed E-state index contributed by atoms with van der Waals surface area (Å²) in [5.41, 5.74) is 2.48. The number of amides is 1. The Bertz CT molecular complexity index is 725. The Morgan fingerprint density at radius 3 is 3.04 bits per heavy atom. The van der Waals surface area contributed by atoms with Crippen LogP contribution >= 0.6 is 0 Å². The topological polar surface area (TPSA) is 71.3 Å². The van der Waals surface area contributed by atoms with E-state index in [9.17, 15) is 4.79 Å². The number of nitrogens with zero attached hydrogens (tertiary/aromatic N) is 3. The standard InChI is InChI=1S/C18H26N4O2/c1-12-11-15(16-14(3)21-24-18(16)20-12)17(23)19-8-6-10-22-9-5-4-7-13(22)2/h11,13H,4-10H2,1-3H3,(H,19,23). The predicted octanol–water partition coefficient (Wildman–Crippen LogP) is 2.83. The van der Waals surface area contributed by atoms with Gasteiger partial charge in [-0.2, -0.15) is 0 Å². The quantitative estimate of drug-likeness (QED) is 0.854. The molecule has 1 atom stereocenters. The molecule has 24 heavy (non-hydrogen) atoms. The number of rotatable bonds is 5. The Morgan fingerprint density at radius 1 is 1.42 bits per heavy atom. The molecule has 2 aromatic rings. The summed E-state index contributed by atoms with van der Waals surface area (Å²) in [6.45, 7) is 8.87. The first-order valence-electron chi connectivity index (χ1n) is 8.82. The molecule has 0 saturated carbocycles. The van der Waals surface area contributed by atoms with Crippen molar-refractivity contribution in [1.29, 1.82) is 0 Å². The molecule has 3 rings (SSSR count). The molecule has 3 heterocycles. The summed E-state index contributed by atoms with van der Waals surface area (Å²) < 4.78 is 5.19. The third-order valence-corrected chi connectivity index (χ3v) is 4.84. The van der Waals surface area contributed by atoms with Gasteiger partial charge in [-0.3, -0.25) is 4.79 Å². The number of aromatic nitrogens is 2. The minimum absolute atomic E-state index is 0.0801. The molecule has 2 aromatic heterocycles. The summed E-state index contributed by atoms with van der Waals surface area (Å²) in [5.74, 6) is -0.0801. The molecular formula is C18H26N4O2. The van der Waals surface area contributed by atoms with Crippen LogP contribution in [0.2, 0.25) is 0 Å². The van der Waals surface area contributed by atoms with Crippen molar-refractivity contribution in [2.75, 3.05) is 19.6 Å². The van der Waals surface area contributed by atoms with Crippen molar-refractivity contribution in [3.63, 3.8) is 0 Å². The van der Waals surface area contributed by atoms with Gasteiger partial charge in [-0.25, -0.2) is 4.98 Å². The van der Waals surface area contributed by atoms with Crippen LogP contribution < -0.4 is 5.32 Å². The summed E-state index contributed by atoms with van der Waals surface area (Å²) in [6.07, 6.45) is 4.88. The molecular weight excluding hydrogens is 304 g/mol. The van der Waals surface area contributed by atoms with E-state index >= 15 is 0 Å². The lowest BCUT2D eigenvalue weighted by Gasteiger charge is -2.33. The number of fused-ring (bicyclic) bond motifs is 1. The highest BCUT2D eigenvalue weighted by atomic mass is 16.5. The lowest BCUT2D eigenvalue weighted by molar-refractivity contribution is 0.0950. The Labute approximate surface area is 142 Å². The van der Waals surface area contributed by atoms with Gasteiger partial charge in [0.2, 0.25) is 0 Å². The van der Waals surface area contributed by atoms with Gasteiger partial charge in [0.25, 0.3) is 11.6 Å². The molecule has 1 amide bonds. The SMILES string of the molecule is Cc1cc(C(=O)NCCCN2CCCCC2C)c2c(C)noc2n1. The molecule has 0 aliphatic carbocycles. The number of likely N-dealkylation sites (tertiary alicyclic amines) is 1. The zero-order chi connectivity index (χ0) is 17.1. The first-order valence-corrected chi connectivity index (χ1v) is 8.82. The fourth-order valence-electron chi connectivity index (χ4n) is 3.47. The molecule has 130 valence electrons. The van der Waals surface area contributed by atoms with Crippen LogP contribution in [0.3, 0.4) is 0 Å². The van der Waals surface area contributed by atoms with E-state index in [1.165, 1.54) is 25.8 Å². The van der Waals surface area contributed by atoms with Crippen LogP contribution in [0.1, 0.15) is 54.4 Å². The van der Waals surface area contributed by atoms with E-state index in [0.717, 1.165) is 18.7 Å². The molecule has 1 unspecified atom stereocenters. The third kappa shape index (κ3) is 3.59. The van der Waals surface area contributed by atoms with E-state index in [4.69, 9.17) is 4.52 Å². The fourth-order valence-corrected chi connectivity index (χ4v) is 3.47. The fraction of sp³-hybridized carbons (Fsp3) is 0.611. The van der Waals surface area contributed by atoms with E-state index in [-0.39, 0.29) is 5.91 Å². The number of carbonyl (C=O) groups is 1. The highest BCUT2D eigenvalue weighted by molar-refractivity contribution is 6.05. The van der Waals surface area contributed by atoms with Crippen LogP contribution in [0, 0.1) is 13.8 Å². The smallest absolute Gasteiger partial charge is 0.258 e. The molecule has 0 radical (unpaired) electrons. The average molecular weight is 330 g/mol. The predicted molar refractivity (Wildman–Crippen MR) is 93.1 cm³/mol. The van der Waals surface area contributed by atoms with Crippen LogP contribution in [-0.4, -0.2) is 46.6 Å². The summed E-state index contributed by atoms with van der Waals surface area (Å²) >= 11 is 0. The van der Waals surface area contributed by atoms with Gasteiger partial charge in [0.15, 0.2) is 0 Å². The Morgan fingerprint density at radius 2 is 2.25 bits per heavy atom. The lowest BCUT2D eigenvalue weighted by Crippen LogP contribution is -2.39. The van der Waals surface area contributed by atoms with E-state index < -0.39 is 0 Å². The highest BCUT2D eigenvalue weighted by Crippen LogP contribution is 2.21. The number of hydrogen-bond donors (Lipinski definition) is 1. The maximum absolute atomic E-state index is 12.6. The maximum atomic E-state index is 12.6. The Hall–Kier alpha value is -1.95. The van der Waals surface area contributed by atoms with Crippen molar-refractivity contribution in [2.24, 2.45) is 0 Å². The van der Waals surface area contributed by atoms with E-state index in [1.807, 2.05) is 13.8 Å². The van der Waals surface area contributed by atoms with Gasteiger partial charge < -0.3 is 14.7 Å². The van der Waals surface area contributed by atoms with E-state index in [0.29, 0.717) is 34.9 Å². The van der Waals surface area contributed by atoms with Crippen LogP contribution in [0.15, 0.2) is 10.6 Å². The second-order valence-electron chi connectivity index (χ2n) is 6.75. The molecule has 1 N–H and O–H groups in total. The monoisotopic (exact) mass is 330 g/mol. The number of hydrogen-bond acceptors (Lipinski definition) is 5. The van der Waals surface area contributed by atoms with Crippen molar-refractivity contribution in [3.8, 4) is 0 Å². The zero-order valence-electron chi connectivity index (χ0n) is 14.8. The second kappa shape index (κ2) is 7.30. The number of carbonyl (C=O) groups excluding carboxylic acids is 1. The van der Waals surface area contributed by atoms with Gasteiger partial charge >= 0.3 is 0 Å². The molecule has 1 aliphatic heterocycles. The van der Waals surface area contributed by atoms with E-state index in [1.54, 1.807) is 6.07 Å². The molecule has 6 nitrogen and oxygen atoms in total. The molecule has 6 heteroatoms. The normalized spacial score (nSPS) is 18.9. The number of pyridine rings is 1. The Kier molecular flexibility index (Phi) is 5.14. The van der Waals surface area contributed by atoms with Gasteiger partial charge in [-0.05, 0) is 52.6 Å². The summed E-state index contributed by atoms with van der Waals surface area (Å²) in [5, 5.41) is 7.66. The lowest BCUT2D eigenvalue weighted by atomic mass is 10.0. The minimum Gasteiger partial charge on any atom is -0.352 e. The zero-order valence-corrected chi connectivity index (χ0v) is 14.8. The van der Waals surface area contributed by atoms with Crippen LogP contribution in [0.4, 0.5) is 0 Å². The Balaban J connectivity index is 1.58. The molecule has 0 aromatic carbocycles. The van der Waals surface area contributed by atoms with Gasteiger partial charge in [0.05, 0.1) is 16.6 Å². The van der Waals surface area contributed by atoms with Crippen molar-refractivity contribution in [3.05, 3.63) is 23.0 Å². The van der Waals surface area contributed by atoms with Crippen LogP contribution in [0.25, 0.3) is 11.1 Å². The average Bonchev–Trinajstić information content (AvgIpc) is 2.93. The molecule has 1 aliphatic rings. The minimum atomic E-state index is -0.0801. The van der Waals surface area contributed by atoms with Crippen molar-refractivity contribution >= 4 is 17.0 Å². The van der Waals surface area contributed by atoms with Gasteiger partial charge in [-0.1, -0.05) is 11.6 Å². The summed E-state index contributed by atoms with van der Waals surface area (Å²) in [4.78, 5) is 19.4. The van der Waals surface area contributed by atoms with Crippen molar-refractivity contribution in [2.45, 2.75) is 52.5 Å².